The van der Waals surface area contributed by atoms with Gasteiger partial charge in [0.25, 0.3) is 5.56 Å². The Labute approximate surface area is 106 Å². The Hall–Kier alpha value is -1.90. The zero-order valence-corrected chi connectivity index (χ0v) is 10.7. The zero-order valence-electron chi connectivity index (χ0n) is 10.7. The van der Waals surface area contributed by atoms with E-state index in [2.05, 4.69) is 34.2 Å². The van der Waals surface area contributed by atoms with E-state index in [1.54, 1.807) is 0 Å². The molecule has 0 aliphatic heterocycles. The summed E-state index contributed by atoms with van der Waals surface area (Å²) in [6, 6.07) is 8.46. The number of aryl methyl sites for hydroxylation is 1. The van der Waals surface area contributed by atoms with Crippen LogP contribution in [0.25, 0.3) is 0 Å². The van der Waals surface area contributed by atoms with E-state index in [1.165, 1.54) is 11.1 Å². The van der Waals surface area contributed by atoms with Gasteiger partial charge in [0, 0.05) is 17.2 Å². The van der Waals surface area contributed by atoms with Crippen LogP contribution < -0.4 is 5.56 Å². The zero-order chi connectivity index (χ0) is 12.7. The van der Waals surface area contributed by atoms with Crippen molar-refractivity contribution in [2.75, 3.05) is 0 Å². The molecule has 18 heavy (non-hydrogen) atoms. The average molecular weight is 240 g/mol. The van der Waals surface area contributed by atoms with Crippen molar-refractivity contribution in [3.8, 4) is 0 Å². The van der Waals surface area contributed by atoms with E-state index in [9.17, 15) is 4.79 Å². The van der Waals surface area contributed by atoms with E-state index in [0.29, 0.717) is 11.5 Å². The van der Waals surface area contributed by atoms with E-state index in [-0.39, 0.29) is 5.56 Å². The Balaban J connectivity index is 1.98. The maximum atomic E-state index is 11.8. The monoisotopic (exact) mass is 240 g/mol. The van der Waals surface area contributed by atoms with Crippen molar-refractivity contribution in [2.24, 2.45) is 0 Å². The molecule has 1 aliphatic carbocycles. The van der Waals surface area contributed by atoms with Crippen molar-refractivity contribution in [1.82, 2.24) is 9.97 Å². The SMILES string of the molecule is Cc1nc(C2Cc3ccccc3C2)[nH]c(=O)c1C. The van der Waals surface area contributed by atoms with E-state index in [4.69, 9.17) is 0 Å². The van der Waals surface area contributed by atoms with Crippen LogP contribution in [0.2, 0.25) is 0 Å². The molecule has 0 unspecified atom stereocenters. The smallest absolute Gasteiger partial charge is 0.254 e. The number of hydrogen-bond acceptors (Lipinski definition) is 2. The second kappa shape index (κ2) is 4.09. The third kappa shape index (κ3) is 1.76. The quantitative estimate of drug-likeness (QED) is 0.831. The fourth-order valence-corrected chi connectivity index (χ4v) is 2.61. The second-order valence-corrected chi connectivity index (χ2v) is 5.04. The molecule has 1 aromatic heterocycles. The van der Waals surface area contributed by atoms with Crippen molar-refractivity contribution in [1.29, 1.82) is 0 Å². The van der Waals surface area contributed by atoms with Crippen LogP contribution in [-0.2, 0) is 12.8 Å². The summed E-state index contributed by atoms with van der Waals surface area (Å²) in [5.74, 6) is 1.15. The molecule has 3 heteroatoms. The first-order chi connectivity index (χ1) is 8.65. The Morgan fingerprint density at radius 2 is 1.78 bits per heavy atom. The van der Waals surface area contributed by atoms with Crippen LogP contribution in [0.5, 0.6) is 0 Å². The largest absolute Gasteiger partial charge is 0.310 e. The van der Waals surface area contributed by atoms with Gasteiger partial charge in [-0.1, -0.05) is 24.3 Å². The first kappa shape index (κ1) is 11.2. The number of nitrogens with one attached hydrogen (secondary N) is 1. The molecule has 2 aromatic rings. The topological polar surface area (TPSA) is 45.8 Å². The van der Waals surface area contributed by atoms with Crippen LogP contribution in [0, 0.1) is 13.8 Å². The second-order valence-electron chi connectivity index (χ2n) is 5.04. The summed E-state index contributed by atoms with van der Waals surface area (Å²) in [6.07, 6.45) is 1.95. The normalized spacial score (nSPS) is 14.8. The summed E-state index contributed by atoms with van der Waals surface area (Å²) in [5.41, 5.74) is 4.30. The van der Waals surface area contributed by atoms with Crippen molar-refractivity contribution in [3.05, 3.63) is 62.8 Å². The fraction of sp³-hybridized carbons (Fsp3) is 0.333. The molecule has 0 saturated heterocycles. The molecule has 0 spiro atoms. The predicted octanol–water partition coefficient (Wildman–Crippen LogP) is 2.27. The van der Waals surface area contributed by atoms with E-state index in [0.717, 1.165) is 24.4 Å². The van der Waals surface area contributed by atoms with Gasteiger partial charge in [-0.3, -0.25) is 4.79 Å². The van der Waals surface area contributed by atoms with Crippen LogP contribution >= 0.6 is 0 Å². The molecule has 1 heterocycles. The molecule has 0 radical (unpaired) electrons. The maximum Gasteiger partial charge on any atom is 0.254 e. The lowest BCUT2D eigenvalue weighted by molar-refractivity contribution is 0.671. The first-order valence-corrected chi connectivity index (χ1v) is 6.29. The Morgan fingerprint density at radius 3 is 2.33 bits per heavy atom. The highest BCUT2D eigenvalue weighted by Crippen LogP contribution is 2.31. The highest BCUT2D eigenvalue weighted by atomic mass is 16.1. The van der Waals surface area contributed by atoms with Crippen LogP contribution in [0.15, 0.2) is 29.1 Å². The van der Waals surface area contributed by atoms with Gasteiger partial charge in [0.15, 0.2) is 0 Å². The lowest BCUT2D eigenvalue weighted by Crippen LogP contribution is -2.18. The molecule has 92 valence electrons. The van der Waals surface area contributed by atoms with Gasteiger partial charge in [0.05, 0.1) is 0 Å². The number of rotatable bonds is 1. The molecule has 3 rings (SSSR count). The molecular formula is C15H16N2O. The molecule has 0 bridgehead atoms. The molecule has 1 N–H and O–H groups in total. The van der Waals surface area contributed by atoms with Gasteiger partial charge in [-0.15, -0.1) is 0 Å². The average Bonchev–Trinajstić information content (AvgIpc) is 2.79. The summed E-state index contributed by atoms with van der Waals surface area (Å²) < 4.78 is 0. The molecule has 3 nitrogen and oxygen atoms in total. The number of aromatic amines is 1. The Morgan fingerprint density at radius 1 is 1.17 bits per heavy atom. The molecule has 0 fully saturated rings. The van der Waals surface area contributed by atoms with Crippen molar-refractivity contribution in [2.45, 2.75) is 32.6 Å². The minimum Gasteiger partial charge on any atom is -0.310 e. The van der Waals surface area contributed by atoms with Crippen LogP contribution in [-0.4, -0.2) is 9.97 Å². The van der Waals surface area contributed by atoms with Crippen molar-refractivity contribution < 1.29 is 0 Å². The van der Waals surface area contributed by atoms with Crippen LogP contribution in [0.3, 0.4) is 0 Å². The fourth-order valence-electron chi connectivity index (χ4n) is 2.61. The molecular weight excluding hydrogens is 224 g/mol. The first-order valence-electron chi connectivity index (χ1n) is 6.29. The van der Waals surface area contributed by atoms with Crippen molar-refractivity contribution >= 4 is 0 Å². The highest BCUT2D eigenvalue weighted by Gasteiger charge is 2.24. The number of fused-ring (bicyclic) bond motifs is 1. The minimum absolute atomic E-state index is 0.00606. The number of benzene rings is 1. The molecule has 0 amide bonds. The predicted molar refractivity (Wildman–Crippen MR) is 70.9 cm³/mol. The summed E-state index contributed by atoms with van der Waals surface area (Å²) in [6.45, 7) is 3.71. The Kier molecular flexibility index (Phi) is 2.54. The summed E-state index contributed by atoms with van der Waals surface area (Å²) in [5, 5.41) is 0. The van der Waals surface area contributed by atoms with Crippen molar-refractivity contribution in [3.63, 3.8) is 0 Å². The van der Waals surface area contributed by atoms with Gasteiger partial charge >= 0.3 is 0 Å². The number of aromatic nitrogens is 2. The molecule has 0 saturated carbocycles. The molecule has 1 aromatic carbocycles. The van der Waals surface area contributed by atoms with Gasteiger partial charge in [-0.25, -0.2) is 4.98 Å². The summed E-state index contributed by atoms with van der Waals surface area (Å²) in [7, 11) is 0. The maximum absolute atomic E-state index is 11.8. The van der Waals surface area contributed by atoms with Gasteiger partial charge < -0.3 is 4.98 Å². The third-order valence-corrected chi connectivity index (χ3v) is 3.85. The minimum atomic E-state index is -0.00606. The van der Waals surface area contributed by atoms with Gasteiger partial charge in [-0.2, -0.15) is 0 Å². The third-order valence-electron chi connectivity index (χ3n) is 3.85. The molecule has 1 aliphatic rings. The molecule has 0 atom stereocenters. The van der Waals surface area contributed by atoms with Crippen LogP contribution in [0.4, 0.5) is 0 Å². The van der Waals surface area contributed by atoms with E-state index >= 15 is 0 Å². The summed E-state index contributed by atoms with van der Waals surface area (Å²) in [4.78, 5) is 19.3. The van der Waals surface area contributed by atoms with Gasteiger partial charge in [-0.05, 0) is 37.8 Å². The van der Waals surface area contributed by atoms with E-state index < -0.39 is 0 Å². The Bertz CT molecular complexity index is 633. The summed E-state index contributed by atoms with van der Waals surface area (Å²) >= 11 is 0. The van der Waals surface area contributed by atoms with Gasteiger partial charge in [0.2, 0.25) is 0 Å². The standard InChI is InChI=1S/C15H16N2O/c1-9-10(2)16-14(17-15(9)18)13-7-11-5-3-4-6-12(11)8-13/h3-6,13H,7-8H2,1-2H3,(H,16,17,18). The highest BCUT2D eigenvalue weighted by molar-refractivity contribution is 5.35. The number of nitrogens with zero attached hydrogens (tertiary/aromatic N) is 1. The number of hydrogen-bond donors (Lipinski definition) is 1. The number of H-pyrrole nitrogens is 1. The van der Waals surface area contributed by atoms with Gasteiger partial charge in [0.1, 0.15) is 5.82 Å². The van der Waals surface area contributed by atoms with E-state index in [1.807, 2.05) is 13.8 Å². The lowest BCUT2D eigenvalue weighted by Gasteiger charge is -2.09. The lowest BCUT2D eigenvalue weighted by atomic mass is 10.1. The van der Waals surface area contributed by atoms with Crippen LogP contribution in [0.1, 0.15) is 34.1 Å².